The van der Waals surface area contributed by atoms with Crippen molar-refractivity contribution in [2.24, 2.45) is 0 Å². The summed E-state index contributed by atoms with van der Waals surface area (Å²) >= 11 is 0. The lowest BCUT2D eigenvalue weighted by molar-refractivity contribution is -0.460. The van der Waals surface area contributed by atoms with E-state index in [0.717, 1.165) is 0 Å². The van der Waals surface area contributed by atoms with Gasteiger partial charge in [0, 0.05) is 0 Å². The molecule has 0 aromatic heterocycles. The van der Waals surface area contributed by atoms with E-state index in [1.165, 1.54) is 4.74 Å². The standard InChI is InChI=1S/C17F32O3/c18-3(19,5(22,23)7(26,27)9(30,31)11(34,35)13(38,39)15(42,43)17(47,48)49)1(50)52-2(51)4(20,21)6(24,25)8(28,29)10(32,33)12(36,37)14(40,41)16(44,45)46. The molecule has 0 bridgehead atoms. The van der Waals surface area contributed by atoms with E-state index >= 15 is 0 Å². The molecule has 0 aromatic carbocycles. The van der Waals surface area contributed by atoms with Gasteiger partial charge in [0.2, 0.25) is 0 Å². The minimum Gasteiger partial charge on any atom is -0.384 e. The summed E-state index contributed by atoms with van der Waals surface area (Å²) in [5.74, 6) is -130. The second-order valence-corrected chi connectivity index (χ2v) is 9.14. The van der Waals surface area contributed by atoms with Crippen molar-refractivity contribution in [1.82, 2.24) is 0 Å². The lowest BCUT2D eigenvalue weighted by Crippen LogP contribution is -2.75. The van der Waals surface area contributed by atoms with E-state index in [9.17, 15) is 150 Å². The third-order valence-corrected chi connectivity index (χ3v) is 5.75. The van der Waals surface area contributed by atoms with Gasteiger partial charge in [0.1, 0.15) is 0 Å². The number of hydrogen-bond donors (Lipinski definition) is 0. The van der Waals surface area contributed by atoms with E-state index in [1.54, 1.807) is 0 Å². The molecule has 0 atom stereocenters. The zero-order valence-electron chi connectivity index (χ0n) is 21.8. The topological polar surface area (TPSA) is 43.4 Å². The van der Waals surface area contributed by atoms with Crippen LogP contribution in [-0.2, 0) is 14.3 Å². The molecule has 35 heteroatoms. The van der Waals surface area contributed by atoms with Crippen LogP contribution in [0.25, 0.3) is 0 Å². The van der Waals surface area contributed by atoms with Crippen molar-refractivity contribution in [2.75, 3.05) is 0 Å². The van der Waals surface area contributed by atoms with E-state index in [2.05, 4.69) is 0 Å². The molecule has 0 N–H and O–H groups in total. The molecule has 0 radical (unpaired) electrons. The van der Waals surface area contributed by atoms with Gasteiger partial charge in [-0.15, -0.1) is 0 Å². The molecule has 0 aliphatic carbocycles. The van der Waals surface area contributed by atoms with Gasteiger partial charge >= 0.3 is 101 Å². The van der Waals surface area contributed by atoms with Crippen molar-refractivity contribution < 1.29 is 155 Å². The van der Waals surface area contributed by atoms with Crippen LogP contribution in [0.1, 0.15) is 0 Å². The van der Waals surface area contributed by atoms with Crippen LogP contribution in [0.3, 0.4) is 0 Å². The number of hydrogen-bond acceptors (Lipinski definition) is 3. The van der Waals surface area contributed by atoms with E-state index in [0.29, 0.717) is 0 Å². The van der Waals surface area contributed by atoms with E-state index in [-0.39, 0.29) is 0 Å². The Morgan fingerprint density at radius 2 is 0.365 bits per heavy atom. The predicted octanol–water partition coefficient (Wildman–Crippen LogP) is 9.44. The summed E-state index contributed by atoms with van der Waals surface area (Å²) in [5.41, 5.74) is 0. The van der Waals surface area contributed by atoms with Gasteiger partial charge in [-0.1, -0.05) is 0 Å². The Labute approximate surface area is 257 Å². The van der Waals surface area contributed by atoms with Crippen molar-refractivity contribution in [3.63, 3.8) is 0 Å². The van der Waals surface area contributed by atoms with Gasteiger partial charge < -0.3 is 4.74 Å². The number of halogens is 32. The molecule has 0 saturated carbocycles. The summed E-state index contributed by atoms with van der Waals surface area (Å²) in [5, 5.41) is 0. The Balaban J connectivity index is 7.09. The summed E-state index contributed by atoms with van der Waals surface area (Å²) in [4.78, 5) is 21.9. The average molecular weight is 860 g/mol. The van der Waals surface area contributed by atoms with Crippen LogP contribution in [-0.4, -0.2) is 101 Å². The molecule has 0 rings (SSSR count). The third kappa shape index (κ3) is 5.86. The molecule has 0 unspecified atom stereocenters. The fraction of sp³-hybridized carbons (Fsp3) is 0.882. The minimum atomic E-state index is -9.54. The normalized spacial score (nSPS) is 16.6. The quantitative estimate of drug-likeness (QED) is 0.105. The first kappa shape index (κ1) is 48.9. The highest BCUT2D eigenvalue weighted by Gasteiger charge is 2.97. The van der Waals surface area contributed by atoms with Crippen molar-refractivity contribution in [1.29, 1.82) is 0 Å². The van der Waals surface area contributed by atoms with Crippen LogP contribution in [0.4, 0.5) is 140 Å². The maximum atomic E-state index is 13.7. The molecule has 0 spiro atoms. The maximum Gasteiger partial charge on any atom is 0.460 e. The number of carbonyl (C=O) groups excluding carboxylic acids is 2. The highest BCUT2D eigenvalue weighted by atomic mass is 19.4. The average Bonchev–Trinajstić information content (AvgIpc) is 2.90. The summed E-state index contributed by atoms with van der Waals surface area (Å²) in [6.45, 7) is 0. The van der Waals surface area contributed by atoms with E-state index < -0.39 is 101 Å². The third-order valence-electron chi connectivity index (χ3n) is 5.75. The molecule has 0 fully saturated rings. The summed E-state index contributed by atoms with van der Waals surface area (Å²) in [6, 6.07) is 0. The van der Waals surface area contributed by atoms with Crippen LogP contribution in [0.2, 0.25) is 0 Å². The van der Waals surface area contributed by atoms with Gasteiger partial charge in [0.05, 0.1) is 0 Å². The van der Waals surface area contributed by atoms with Gasteiger partial charge in [0.15, 0.2) is 0 Å². The Kier molecular flexibility index (Phi) is 11.2. The van der Waals surface area contributed by atoms with Crippen molar-refractivity contribution in [3.05, 3.63) is 0 Å². The first-order chi connectivity index (χ1) is 21.8. The van der Waals surface area contributed by atoms with Crippen molar-refractivity contribution in [2.45, 2.75) is 89.3 Å². The molecule has 310 valence electrons. The van der Waals surface area contributed by atoms with Crippen LogP contribution >= 0.6 is 0 Å². The lowest BCUT2D eigenvalue weighted by Gasteiger charge is -2.42. The SMILES string of the molecule is O=C(OC(=O)C(F)(F)C(F)(F)C(F)(F)C(F)(F)C(F)(F)C(F)(F)C(F)(F)C(F)(F)F)C(F)(F)C(F)(F)C(F)(F)C(F)(F)C(F)(F)C(F)(F)C(F)(F)F. The highest BCUT2D eigenvalue weighted by molar-refractivity contribution is 5.93. The second kappa shape index (κ2) is 11.9. The summed E-state index contributed by atoms with van der Waals surface area (Å²) in [6.07, 6.45) is -16.5. The number of alkyl halides is 32. The molecular formula is C17F32O3. The fourth-order valence-electron chi connectivity index (χ4n) is 2.60. The number of rotatable bonds is 13. The van der Waals surface area contributed by atoms with Crippen LogP contribution in [0.5, 0.6) is 0 Å². The highest BCUT2D eigenvalue weighted by Crippen LogP contribution is 2.65. The molecule has 0 heterocycles. The van der Waals surface area contributed by atoms with Gasteiger partial charge in [-0.05, 0) is 0 Å². The number of esters is 2. The number of ether oxygens (including phenoxy) is 1. The van der Waals surface area contributed by atoms with Crippen molar-refractivity contribution in [3.8, 4) is 0 Å². The van der Waals surface area contributed by atoms with E-state index in [1.807, 2.05) is 0 Å². The largest absolute Gasteiger partial charge is 0.460 e. The molecule has 0 amide bonds. The van der Waals surface area contributed by atoms with Gasteiger partial charge in [-0.2, -0.15) is 140 Å². The van der Waals surface area contributed by atoms with Gasteiger partial charge in [0.25, 0.3) is 0 Å². The summed E-state index contributed by atoms with van der Waals surface area (Å²) < 4.78 is 420. The first-order valence-corrected chi connectivity index (χ1v) is 10.6. The summed E-state index contributed by atoms with van der Waals surface area (Å²) in [7, 11) is 0. The molecule has 0 aliphatic heterocycles. The molecule has 0 saturated heterocycles. The van der Waals surface area contributed by atoms with Crippen LogP contribution in [0.15, 0.2) is 0 Å². The molecule has 52 heavy (non-hydrogen) atoms. The fourth-order valence-corrected chi connectivity index (χ4v) is 2.60. The van der Waals surface area contributed by atoms with Crippen LogP contribution < -0.4 is 0 Å². The van der Waals surface area contributed by atoms with Gasteiger partial charge in [-0.3, -0.25) is 0 Å². The Bertz CT molecular complexity index is 1360. The Morgan fingerprint density at radius 3 is 0.519 bits per heavy atom. The minimum absolute atomic E-state index is 1.41. The molecule has 3 nitrogen and oxygen atoms in total. The lowest BCUT2D eigenvalue weighted by atomic mass is 9.89. The Hall–Kier alpha value is -3.10. The first-order valence-electron chi connectivity index (χ1n) is 10.6. The second-order valence-electron chi connectivity index (χ2n) is 9.14. The zero-order valence-corrected chi connectivity index (χ0v) is 21.8. The van der Waals surface area contributed by atoms with E-state index in [4.69, 9.17) is 0 Å². The molecule has 0 aliphatic rings. The zero-order chi connectivity index (χ0) is 43.4. The number of carbonyl (C=O) groups is 2. The smallest absolute Gasteiger partial charge is 0.384 e. The monoisotopic (exact) mass is 860 g/mol. The van der Waals surface area contributed by atoms with Crippen LogP contribution in [0, 0.1) is 0 Å². The van der Waals surface area contributed by atoms with Gasteiger partial charge in [-0.25, -0.2) is 9.59 Å². The maximum absolute atomic E-state index is 13.7. The molecule has 0 aromatic rings. The predicted molar refractivity (Wildman–Crippen MR) is 87.5 cm³/mol. The Morgan fingerprint density at radius 1 is 0.231 bits per heavy atom. The van der Waals surface area contributed by atoms with Crippen molar-refractivity contribution >= 4 is 11.9 Å². The molecular weight excluding hydrogens is 860 g/mol.